The molecule has 1 aromatic heterocycles. The van der Waals surface area contributed by atoms with Crippen molar-refractivity contribution in [3.63, 3.8) is 0 Å². The highest BCUT2D eigenvalue weighted by Gasteiger charge is 2.55. The minimum Gasteiger partial charge on any atom is -0.265 e. The van der Waals surface area contributed by atoms with Crippen molar-refractivity contribution in [3.05, 3.63) is 35.5 Å². The van der Waals surface area contributed by atoms with Gasteiger partial charge in [-0.05, 0) is 55.9 Å². The molecule has 2 aromatic rings. The Hall–Kier alpha value is -2.24. The van der Waals surface area contributed by atoms with Crippen LogP contribution in [0.2, 0.25) is 0 Å². The third-order valence-corrected chi connectivity index (χ3v) is 8.03. The van der Waals surface area contributed by atoms with Gasteiger partial charge < -0.3 is 0 Å². The summed E-state index contributed by atoms with van der Waals surface area (Å²) in [5.74, 6) is -0.218. The molecule has 2 aliphatic rings. The molecule has 1 atom stereocenters. The summed E-state index contributed by atoms with van der Waals surface area (Å²) in [6.45, 7) is 1.78. The lowest BCUT2D eigenvalue weighted by atomic mass is 9.83. The lowest BCUT2D eigenvalue weighted by molar-refractivity contribution is -0.141. The molecular weight excluding hydrogens is 472 g/mol. The first-order valence-corrected chi connectivity index (χ1v) is 12.2. The quantitative estimate of drug-likeness (QED) is 0.508. The number of fused-ring (bicyclic) bond motifs is 1. The summed E-state index contributed by atoms with van der Waals surface area (Å²) >= 11 is 0. The van der Waals surface area contributed by atoms with Gasteiger partial charge in [-0.1, -0.05) is 25.3 Å². The number of hydrogen-bond acceptors (Lipinski definition) is 3. The molecule has 1 saturated carbocycles. The fourth-order valence-electron chi connectivity index (χ4n) is 4.94. The number of rotatable bonds is 4. The van der Waals surface area contributed by atoms with Crippen molar-refractivity contribution in [2.24, 2.45) is 5.92 Å². The topological polar surface area (TPSA) is 55.2 Å². The SMILES string of the molecule is CCn1nc(C(F)(F)F)cc1-c1ccc2c(c1)CC(C1CCCCC1)N2S(=O)(=O)C(F)(F)F. The highest BCUT2D eigenvalue weighted by atomic mass is 32.2. The Morgan fingerprint density at radius 1 is 1.03 bits per heavy atom. The van der Waals surface area contributed by atoms with E-state index < -0.39 is 33.4 Å². The number of alkyl halides is 6. The third-order valence-electron chi connectivity index (χ3n) is 6.46. The van der Waals surface area contributed by atoms with Crippen LogP contribution in [0.15, 0.2) is 24.3 Å². The second-order valence-electron chi connectivity index (χ2n) is 8.49. The van der Waals surface area contributed by atoms with Gasteiger partial charge >= 0.3 is 21.7 Å². The third kappa shape index (κ3) is 4.22. The molecule has 0 saturated heterocycles. The van der Waals surface area contributed by atoms with Gasteiger partial charge in [-0.3, -0.25) is 8.99 Å². The van der Waals surface area contributed by atoms with Gasteiger partial charge in [-0.15, -0.1) is 0 Å². The second kappa shape index (κ2) is 8.21. The molecule has 1 aromatic carbocycles. The summed E-state index contributed by atoms with van der Waals surface area (Å²) in [7, 11) is -5.63. The zero-order chi connectivity index (χ0) is 24.2. The lowest BCUT2D eigenvalue weighted by Crippen LogP contribution is -2.48. The number of benzene rings is 1. The van der Waals surface area contributed by atoms with E-state index in [2.05, 4.69) is 5.10 Å². The number of nitrogens with zero attached hydrogens (tertiary/aromatic N) is 3. The average molecular weight is 495 g/mol. The van der Waals surface area contributed by atoms with Crippen LogP contribution in [0.25, 0.3) is 11.3 Å². The fourth-order valence-corrected chi connectivity index (χ4v) is 6.20. The van der Waals surface area contributed by atoms with E-state index in [0.717, 1.165) is 25.3 Å². The molecule has 1 aliphatic carbocycles. The van der Waals surface area contributed by atoms with Gasteiger partial charge in [0.15, 0.2) is 5.69 Å². The van der Waals surface area contributed by atoms with Crippen molar-refractivity contribution < 1.29 is 34.8 Å². The monoisotopic (exact) mass is 495 g/mol. The number of sulfonamides is 1. The van der Waals surface area contributed by atoms with Crippen molar-refractivity contribution >= 4 is 15.7 Å². The summed E-state index contributed by atoms with van der Waals surface area (Å²) < 4.78 is 107. The number of halogens is 6. The van der Waals surface area contributed by atoms with Crippen molar-refractivity contribution in [1.82, 2.24) is 9.78 Å². The van der Waals surface area contributed by atoms with Gasteiger partial charge in [0.25, 0.3) is 0 Å². The molecule has 12 heteroatoms. The first kappa shape index (κ1) is 23.9. The smallest absolute Gasteiger partial charge is 0.265 e. The Bertz CT molecular complexity index is 1130. The van der Waals surface area contributed by atoms with Gasteiger partial charge in [0.1, 0.15) is 0 Å². The molecule has 33 heavy (non-hydrogen) atoms. The maximum absolute atomic E-state index is 13.5. The zero-order valence-electron chi connectivity index (χ0n) is 17.7. The van der Waals surface area contributed by atoms with Crippen LogP contribution in [0.5, 0.6) is 0 Å². The fraction of sp³-hybridized carbons (Fsp3) is 0.571. The number of aryl methyl sites for hydroxylation is 1. The molecular formula is C21H23F6N3O2S. The average Bonchev–Trinajstić information content (AvgIpc) is 3.35. The molecule has 182 valence electrons. The van der Waals surface area contributed by atoms with Gasteiger partial charge in [0.2, 0.25) is 0 Å². The van der Waals surface area contributed by atoms with E-state index in [0.29, 0.717) is 28.3 Å². The zero-order valence-corrected chi connectivity index (χ0v) is 18.6. The van der Waals surface area contributed by atoms with Gasteiger partial charge in [0, 0.05) is 12.1 Å². The summed E-state index contributed by atoms with van der Waals surface area (Å²) in [6.07, 6.45) is -0.711. The van der Waals surface area contributed by atoms with Crippen LogP contribution in [0.3, 0.4) is 0 Å². The standard InChI is InChI=1S/C21H23F6N3O2S/c1-2-29-17(12-19(28-29)20(22,23)24)14-8-9-16-15(10-14)11-18(13-6-4-3-5-7-13)30(16)33(31,32)21(25,26)27/h8-10,12-13,18H,2-7,11H2,1H3. The van der Waals surface area contributed by atoms with Crippen LogP contribution < -0.4 is 4.31 Å². The molecule has 4 rings (SSSR count). The molecule has 0 amide bonds. The van der Waals surface area contributed by atoms with Crippen LogP contribution in [0.4, 0.5) is 32.0 Å². The van der Waals surface area contributed by atoms with E-state index in [9.17, 15) is 34.8 Å². The van der Waals surface area contributed by atoms with Gasteiger partial charge in [0.05, 0.1) is 17.4 Å². The van der Waals surface area contributed by atoms with Crippen LogP contribution in [0, 0.1) is 5.92 Å². The summed E-state index contributed by atoms with van der Waals surface area (Å²) in [5.41, 5.74) is -5.71. The van der Waals surface area contributed by atoms with E-state index in [1.165, 1.54) is 22.9 Å². The van der Waals surface area contributed by atoms with Crippen molar-refractivity contribution in [2.75, 3.05) is 4.31 Å². The maximum Gasteiger partial charge on any atom is 0.516 e. The van der Waals surface area contributed by atoms with Crippen LogP contribution in [-0.2, 0) is 29.2 Å². The second-order valence-corrected chi connectivity index (χ2v) is 10.3. The highest BCUT2D eigenvalue weighted by Crippen LogP contribution is 2.46. The van der Waals surface area contributed by atoms with Gasteiger partial charge in [-0.2, -0.15) is 39.9 Å². The van der Waals surface area contributed by atoms with Crippen molar-refractivity contribution in [2.45, 2.75) is 69.7 Å². The lowest BCUT2D eigenvalue weighted by Gasteiger charge is -2.35. The van der Waals surface area contributed by atoms with E-state index in [1.807, 2.05) is 0 Å². The summed E-state index contributed by atoms with van der Waals surface area (Å²) in [6, 6.07) is 4.12. The Kier molecular flexibility index (Phi) is 5.95. The van der Waals surface area contributed by atoms with E-state index >= 15 is 0 Å². The first-order valence-electron chi connectivity index (χ1n) is 10.7. The van der Waals surface area contributed by atoms with Crippen LogP contribution in [0.1, 0.15) is 50.3 Å². The molecule has 1 fully saturated rings. The van der Waals surface area contributed by atoms with Crippen LogP contribution >= 0.6 is 0 Å². The minimum atomic E-state index is -5.63. The van der Waals surface area contributed by atoms with Crippen LogP contribution in [-0.4, -0.2) is 29.7 Å². The predicted molar refractivity (Wildman–Crippen MR) is 110 cm³/mol. The number of hydrogen-bond donors (Lipinski definition) is 0. The maximum atomic E-state index is 13.5. The van der Waals surface area contributed by atoms with Crippen molar-refractivity contribution in [1.29, 1.82) is 0 Å². The Labute approximate surface area is 187 Å². The molecule has 0 spiro atoms. The Balaban J connectivity index is 1.79. The van der Waals surface area contributed by atoms with E-state index in [-0.39, 0.29) is 30.3 Å². The number of aromatic nitrogens is 2. The summed E-state index contributed by atoms with van der Waals surface area (Å²) in [5, 5.41) is 3.58. The molecule has 0 bridgehead atoms. The normalized spacial score (nSPS) is 20.3. The van der Waals surface area contributed by atoms with Gasteiger partial charge in [-0.25, -0.2) is 0 Å². The van der Waals surface area contributed by atoms with E-state index in [4.69, 9.17) is 0 Å². The number of anilines is 1. The van der Waals surface area contributed by atoms with E-state index in [1.54, 1.807) is 6.92 Å². The Morgan fingerprint density at radius 2 is 1.70 bits per heavy atom. The Morgan fingerprint density at radius 3 is 2.27 bits per heavy atom. The molecule has 0 N–H and O–H groups in total. The molecule has 1 unspecified atom stereocenters. The molecule has 1 aliphatic heterocycles. The highest BCUT2D eigenvalue weighted by molar-refractivity contribution is 7.93. The van der Waals surface area contributed by atoms with Crippen molar-refractivity contribution in [3.8, 4) is 11.3 Å². The summed E-state index contributed by atoms with van der Waals surface area (Å²) in [4.78, 5) is 0. The largest absolute Gasteiger partial charge is 0.516 e. The molecule has 5 nitrogen and oxygen atoms in total. The predicted octanol–water partition coefficient (Wildman–Crippen LogP) is 5.75. The molecule has 0 radical (unpaired) electrons. The molecule has 2 heterocycles. The first-order chi connectivity index (χ1) is 15.3. The minimum absolute atomic E-state index is 0.0646.